The zero-order valence-corrected chi connectivity index (χ0v) is 13.0. The van der Waals surface area contributed by atoms with E-state index in [1.807, 2.05) is 18.3 Å². The van der Waals surface area contributed by atoms with E-state index in [0.717, 1.165) is 27.5 Å². The summed E-state index contributed by atoms with van der Waals surface area (Å²) in [5.74, 6) is 0. The van der Waals surface area contributed by atoms with Crippen LogP contribution in [0.5, 0.6) is 0 Å². The van der Waals surface area contributed by atoms with Gasteiger partial charge in [0.1, 0.15) is 6.20 Å². The molecule has 0 saturated heterocycles. The third-order valence-corrected chi connectivity index (χ3v) is 3.87. The topological polar surface area (TPSA) is 87.6 Å². The van der Waals surface area contributed by atoms with Gasteiger partial charge in [0.2, 0.25) is 0 Å². The van der Waals surface area contributed by atoms with Gasteiger partial charge in [0.15, 0.2) is 0 Å². The summed E-state index contributed by atoms with van der Waals surface area (Å²) >= 11 is 3.86. The van der Waals surface area contributed by atoms with Crippen LogP contribution in [0.25, 0.3) is 22.3 Å². The monoisotopic (exact) mass is 338 g/mol. The molecule has 4 aromatic rings. The number of rotatable bonds is 2. The maximum absolute atomic E-state index is 12.1. The van der Waals surface area contributed by atoms with Crippen molar-refractivity contribution >= 4 is 23.7 Å². The lowest BCUT2D eigenvalue weighted by atomic mass is 10.2. The van der Waals surface area contributed by atoms with Crippen LogP contribution < -0.4 is 11.2 Å². The highest BCUT2D eigenvalue weighted by molar-refractivity contribution is 7.78. The van der Waals surface area contributed by atoms with E-state index >= 15 is 0 Å². The van der Waals surface area contributed by atoms with Gasteiger partial charge in [0.05, 0.1) is 23.1 Å². The minimum absolute atomic E-state index is 0.515. The van der Waals surface area contributed by atoms with Crippen molar-refractivity contribution in [1.82, 2.24) is 28.5 Å². The molecule has 8 nitrogen and oxygen atoms in total. The molecule has 4 rings (SSSR count). The third kappa shape index (κ3) is 2.31. The average Bonchev–Trinajstić information content (AvgIpc) is 3.04. The first-order valence-corrected chi connectivity index (χ1v) is 7.34. The summed E-state index contributed by atoms with van der Waals surface area (Å²) in [6, 6.07) is 8.96. The molecule has 0 fully saturated rings. The SMILES string of the molecule is O=c1cnn(-c2ccc3nn(-c4cccnc4)cc3c2)c(=O)n1S. The molecule has 24 heavy (non-hydrogen) atoms. The van der Waals surface area contributed by atoms with Crippen molar-refractivity contribution in [3.8, 4) is 11.4 Å². The lowest BCUT2D eigenvalue weighted by Crippen LogP contribution is -2.35. The van der Waals surface area contributed by atoms with Crippen LogP contribution in [0.3, 0.4) is 0 Å². The normalized spacial score (nSPS) is 11.0. The smallest absolute Gasteiger partial charge is 0.266 e. The van der Waals surface area contributed by atoms with E-state index in [-0.39, 0.29) is 0 Å². The van der Waals surface area contributed by atoms with Crippen LogP contribution in [-0.4, -0.2) is 28.5 Å². The van der Waals surface area contributed by atoms with Crippen LogP contribution in [0.1, 0.15) is 0 Å². The average molecular weight is 338 g/mol. The van der Waals surface area contributed by atoms with E-state index in [0.29, 0.717) is 9.66 Å². The van der Waals surface area contributed by atoms with Gasteiger partial charge in [0, 0.05) is 17.8 Å². The van der Waals surface area contributed by atoms with Gasteiger partial charge in [-0.3, -0.25) is 9.78 Å². The fourth-order valence-electron chi connectivity index (χ4n) is 2.34. The largest absolute Gasteiger partial charge is 0.362 e. The van der Waals surface area contributed by atoms with E-state index in [9.17, 15) is 9.59 Å². The van der Waals surface area contributed by atoms with E-state index in [1.165, 1.54) is 0 Å². The summed E-state index contributed by atoms with van der Waals surface area (Å²) in [6.45, 7) is 0. The predicted octanol–water partition coefficient (Wildman–Crippen LogP) is 0.821. The van der Waals surface area contributed by atoms with E-state index in [4.69, 9.17) is 0 Å². The van der Waals surface area contributed by atoms with Crippen LogP contribution in [0.2, 0.25) is 0 Å². The van der Waals surface area contributed by atoms with Crippen molar-refractivity contribution in [3.05, 3.63) is 76.0 Å². The van der Waals surface area contributed by atoms with Crippen LogP contribution in [0, 0.1) is 0 Å². The summed E-state index contributed by atoms with van der Waals surface area (Å²) in [5.41, 5.74) is 0.889. The van der Waals surface area contributed by atoms with Gasteiger partial charge in [-0.05, 0) is 30.3 Å². The Bertz CT molecular complexity index is 1160. The molecule has 0 aliphatic heterocycles. The molecule has 118 valence electrons. The minimum atomic E-state index is -0.634. The molecule has 0 atom stereocenters. The quantitative estimate of drug-likeness (QED) is 0.547. The Labute approximate surface area is 140 Å². The molecule has 1 aromatic carbocycles. The highest BCUT2D eigenvalue weighted by Gasteiger charge is 2.09. The third-order valence-electron chi connectivity index (χ3n) is 3.50. The Morgan fingerprint density at radius 1 is 1.04 bits per heavy atom. The first-order chi connectivity index (χ1) is 11.6. The summed E-state index contributed by atoms with van der Waals surface area (Å²) in [6.07, 6.45) is 6.26. The van der Waals surface area contributed by atoms with Crippen LogP contribution >= 0.6 is 12.8 Å². The zero-order chi connectivity index (χ0) is 16.7. The lowest BCUT2D eigenvalue weighted by Gasteiger charge is -2.04. The number of nitrogens with zero attached hydrogens (tertiary/aromatic N) is 6. The van der Waals surface area contributed by atoms with Crippen LogP contribution in [0.4, 0.5) is 0 Å². The van der Waals surface area contributed by atoms with Crippen molar-refractivity contribution in [2.24, 2.45) is 0 Å². The van der Waals surface area contributed by atoms with E-state index in [2.05, 4.69) is 28.0 Å². The maximum Gasteiger partial charge on any atom is 0.362 e. The molecule has 0 radical (unpaired) electrons. The fraction of sp³-hybridized carbons (Fsp3) is 0. The van der Waals surface area contributed by atoms with Crippen LogP contribution in [0.15, 0.2) is 64.7 Å². The summed E-state index contributed by atoms with van der Waals surface area (Å²) < 4.78 is 3.52. The molecule has 0 aliphatic rings. The standard InChI is InChI=1S/C15H10N6O2S/c22-14-8-17-20(15(23)21(14)24)11-3-4-13-10(6-11)9-19(18-13)12-2-1-5-16-7-12/h1-9,24H. The molecule has 3 heterocycles. The van der Waals surface area contributed by atoms with Crippen molar-refractivity contribution in [3.63, 3.8) is 0 Å². The number of pyridine rings is 1. The second-order valence-electron chi connectivity index (χ2n) is 5.02. The van der Waals surface area contributed by atoms with Crippen LogP contribution in [-0.2, 0) is 0 Å². The summed E-state index contributed by atoms with van der Waals surface area (Å²) in [4.78, 5) is 27.6. The van der Waals surface area contributed by atoms with Crippen molar-refractivity contribution in [1.29, 1.82) is 0 Å². The second-order valence-corrected chi connectivity index (χ2v) is 5.42. The van der Waals surface area contributed by atoms with Gasteiger partial charge >= 0.3 is 5.69 Å². The Morgan fingerprint density at radius 3 is 2.71 bits per heavy atom. The fourth-order valence-corrected chi connectivity index (χ4v) is 2.48. The van der Waals surface area contributed by atoms with Gasteiger partial charge in [-0.2, -0.15) is 14.9 Å². The van der Waals surface area contributed by atoms with E-state index in [1.54, 1.807) is 35.3 Å². The molecule has 0 aliphatic carbocycles. The Balaban J connectivity index is 1.86. The van der Waals surface area contributed by atoms with Gasteiger partial charge in [0.25, 0.3) is 5.56 Å². The number of thiol groups is 1. The first kappa shape index (κ1) is 14.4. The maximum atomic E-state index is 12.1. The predicted molar refractivity (Wildman–Crippen MR) is 90.9 cm³/mol. The Kier molecular flexibility index (Phi) is 3.28. The van der Waals surface area contributed by atoms with Gasteiger partial charge in [-0.1, -0.05) is 12.8 Å². The second kappa shape index (κ2) is 5.46. The first-order valence-electron chi connectivity index (χ1n) is 6.94. The molecular weight excluding hydrogens is 328 g/mol. The van der Waals surface area contributed by atoms with Gasteiger partial charge in [-0.15, -0.1) is 0 Å². The van der Waals surface area contributed by atoms with Gasteiger partial charge < -0.3 is 0 Å². The van der Waals surface area contributed by atoms with E-state index < -0.39 is 11.2 Å². The van der Waals surface area contributed by atoms with Gasteiger partial charge in [-0.25, -0.2) is 13.4 Å². The van der Waals surface area contributed by atoms with Crippen molar-refractivity contribution in [2.45, 2.75) is 0 Å². The molecule has 0 bridgehead atoms. The number of hydrogen-bond donors (Lipinski definition) is 1. The molecular formula is C15H10N6O2S. The molecule has 0 spiro atoms. The molecule has 0 N–H and O–H groups in total. The zero-order valence-electron chi connectivity index (χ0n) is 12.1. The number of benzene rings is 1. The summed E-state index contributed by atoms with van der Waals surface area (Å²) in [7, 11) is 0. The Hall–Kier alpha value is -3.20. The lowest BCUT2D eigenvalue weighted by molar-refractivity contribution is 0.735. The Morgan fingerprint density at radius 2 is 1.92 bits per heavy atom. The number of fused-ring (bicyclic) bond motifs is 1. The minimum Gasteiger partial charge on any atom is -0.266 e. The molecule has 0 unspecified atom stereocenters. The summed E-state index contributed by atoms with van der Waals surface area (Å²) in [5, 5.41) is 9.16. The van der Waals surface area contributed by atoms with Crippen molar-refractivity contribution < 1.29 is 0 Å². The number of hydrogen-bond acceptors (Lipinski definition) is 6. The molecule has 9 heteroatoms. The van der Waals surface area contributed by atoms with Crippen molar-refractivity contribution in [2.75, 3.05) is 0 Å². The highest BCUT2D eigenvalue weighted by Crippen LogP contribution is 2.18. The number of aromatic nitrogens is 6. The molecule has 0 amide bonds. The molecule has 3 aromatic heterocycles. The highest BCUT2D eigenvalue weighted by atomic mass is 32.1. The molecule has 0 saturated carbocycles.